The molecule has 0 spiro atoms. The quantitative estimate of drug-likeness (QED) is 0.597. The molecule has 52 valence electrons. The SMILES string of the molecule is O=P(=O)c1nccnc1Cl. The first-order chi connectivity index (χ1) is 4.72. The van der Waals surface area contributed by atoms with Crippen molar-refractivity contribution in [2.75, 3.05) is 0 Å². The summed E-state index contributed by atoms with van der Waals surface area (Å²) < 4.78 is 20.5. The van der Waals surface area contributed by atoms with Crippen LogP contribution in [-0.2, 0) is 9.13 Å². The summed E-state index contributed by atoms with van der Waals surface area (Å²) >= 11 is 5.36. The Morgan fingerprint density at radius 3 is 2.30 bits per heavy atom. The highest BCUT2D eigenvalue weighted by Gasteiger charge is 2.05. The molecule has 0 radical (unpaired) electrons. The van der Waals surface area contributed by atoms with E-state index in [1.165, 1.54) is 12.4 Å². The molecule has 0 aliphatic rings. The average Bonchev–Trinajstić information content (AvgIpc) is 1.88. The molecule has 0 saturated carbocycles. The molecule has 0 N–H and O–H groups in total. The Hall–Kier alpha value is -0.730. The van der Waals surface area contributed by atoms with Crippen molar-refractivity contribution in [3.05, 3.63) is 17.5 Å². The van der Waals surface area contributed by atoms with Gasteiger partial charge in [0.05, 0.1) is 0 Å². The van der Waals surface area contributed by atoms with Crippen molar-refractivity contribution in [1.82, 2.24) is 9.97 Å². The minimum Gasteiger partial charge on any atom is -0.241 e. The van der Waals surface area contributed by atoms with E-state index < -0.39 is 7.68 Å². The first kappa shape index (κ1) is 7.38. The van der Waals surface area contributed by atoms with Crippen LogP contribution in [0.3, 0.4) is 0 Å². The number of hydrogen-bond acceptors (Lipinski definition) is 4. The van der Waals surface area contributed by atoms with Gasteiger partial charge >= 0.3 is 7.68 Å². The molecule has 1 aromatic heterocycles. The summed E-state index contributed by atoms with van der Waals surface area (Å²) in [5.74, 6) is 0. The van der Waals surface area contributed by atoms with E-state index in [1.54, 1.807) is 0 Å². The van der Waals surface area contributed by atoms with Crippen LogP contribution in [0.1, 0.15) is 0 Å². The normalized spacial score (nSPS) is 9.30. The molecule has 10 heavy (non-hydrogen) atoms. The molecule has 0 fully saturated rings. The Morgan fingerprint density at radius 2 is 1.90 bits per heavy atom. The molecule has 0 atom stereocenters. The number of halogens is 1. The summed E-state index contributed by atoms with van der Waals surface area (Å²) in [4.78, 5) is 7.01. The van der Waals surface area contributed by atoms with Crippen LogP contribution in [0.2, 0.25) is 5.15 Å². The van der Waals surface area contributed by atoms with Crippen LogP contribution < -0.4 is 5.44 Å². The first-order valence-corrected chi connectivity index (χ1v) is 3.88. The molecule has 1 aromatic rings. The molecule has 0 aliphatic heterocycles. The van der Waals surface area contributed by atoms with E-state index in [4.69, 9.17) is 11.6 Å². The number of rotatable bonds is 1. The predicted molar refractivity (Wildman–Crippen MR) is 35.0 cm³/mol. The Labute approximate surface area is 62.1 Å². The zero-order chi connectivity index (χ0) is 7.56. The van der Waals surface area contributed by atoms with Crippen LogP contribution in [0.15, 0.2) is 12.4 Å². The topological polar surface area (TPSA) is 59.9 Å². The van der Waals surface area contributed by atoms with Gasteiger partial charge in [0.1, 0.15) is 0 Å². The van der Waals surface area contributed by atoms with E-state index in [0.29, 0.717) is 0 Å². The fraction of sp³-hybridized carbons (Fsp3) is 0. The second-order valence-corrected chi connectivity index (χ2v) is 2.72. The van der Waals surface area contributed by atoms with Gasteiger partial charge in [0.2, 0.25) is 5.44 Å². The largest absolute Gasteiger partial charge is 0.370 e. The van der Waals surface area contributed by atoms with Crippen molar-refractivity contribution < 1.29 is 9.13 Å². The van der Waals surface area contributed by atoms with Crippen LogP contribution >= 0.6 is 19.3 Å². The van der Waals surface area contributed by atoms with Gasteiger partial charge in [0, 0.05) is 12.4 Å². The Balaban J connectivity index is 3.28. The van der Waals surface area contributed by atoms with Gasteiger partial charge in [-0.05, 0) is 0 Å². The van der Waals surface area contributed by atoms with Gasteiger partial charge in [0.25, 0.3) is 0 Å². The average molecular weight is 176 g/mol. The van der Waals surface area contributed by atoms with E-state index in [-0.39, 0.29) is 10.6 Å². The van der Waals surface area contributed by atoms with Gasteiger partial charge in [-0.25, -0.2) is 19.1 Å². The second-order valence-electron chi connectivity index (χ2n) is 1.43. The maximum atomic E-state index is 10.3. The fourth-order valence-corrected chi connectivity index (χ4v) is 1.12. The van der Waals surface area contributed by atoms with E-state index in [1.807, 2.05) is 0 Å². The Morgan fingerprint density at radius 1 is 1.30 bits per heavy atom. The molecule has 1 rings (SSSR count). The van der Waals surface area contributed by atoms with Gasteiger partial charge in [-0.3, -0.25) is 0 Å². The minimum atomic E-state index is -2.72. The highest BCUT2D eigenvalue weighted by molar-refractivity contribution is 7.40. The van der Waals surface area contributed by atoms with E-state index in [2.05, 4.69) is 9.97 Å². The van der Waals surface area contributed by atoms with Crippen molar-refractivity contribution >= 4 is 24.7 Å². The number of aromatic nitrogens is 2. The van der Waals surface area contributed by atoms with Gasteiger partial charge in [0.15, 0.2) is 5.15 Å². The molecule has 6 heteroatoms. The lowest BCUT2D eigenvalue weighted by atomic mass is 10.8. The van der Waals surface area contributed by atoms with Gasteiger partial charge in [-0.1, -0.05) is 11.6 Å². The minimum absolute atomic E-state index is 0.0846. The molecule has 0 saturated heterocycles. The third-order valence-corrected chi connectivity index (χ3v) is 1.89. The van der Waals surface area contributed by atoms with Crippen LogP contribution in [0.4, 0.5) is 0 Å². The van der Waals surface area contributed by atoms with Crippen LogP contribution in [0.25, 0.3) is 0 Å². The lowest BCUT2D eigenvalue weighted by Gasteiger charge is -1.87. The van der Waals surface area contributed by atoms with E-state index in [9.17, 15) is 9.13 Å². The molecule has 0 amide bonds. The lowest BCUT2D eigenvalue weighted by Crippen LogP contribution is -2.01. The van der Waals surface area contributed by atoms with E-state index >= 15 is 0 Å². The standard InChI is InChI=1S/C4H2ClN2O2P/c5-3-4(10(8)9)7-2-1-6-3/h1-2H. The predicted octanol–water partition coefficient (Wildman–Crippen LogP) is 0.928. The summed E-state index contributed by atoms with van der Waals surface area (Å²) in [6.45, 7) is 0. The van der Waals surface area contributed by atoms with E-state index in [0.717, 1.165) is 0 Å². The maximum absolute atomic E-state index is 10.3. The summed E-state index contributed by atoms with van der Waals surface area (Å²) in [5, 5.41) is -0.0846. The molecule has 0 aromatic carbocycles. The third kappa shape index (κ3) is 1.40. The zero-order valence-corrected chi connectivity index (χ0v) is 6.34. The second kappa shape index (κ2) is 2.90. The van der Waals surface area contributed by atoms with Gasteiger partial charge in [-0.2, -0.15) is 0 Å². The molecular formula is C4H2ClN2O2P. The Bertz CT molecular complexity index is 304. The highest BCUT2D eigenvalue weighted by atomic mass is 35.5. The molecular weight excluding hydrogens is 174 g/mol. The monoisotopic (exact) mass is 176 g/mol. The fourth-order valence-electron chi connectivity index (χ4n) is 0.436. The highest BCUT2D eigenvalue weighted by Crippen LogP contribution is 2.08. The molecule has 0 aliphatic carbocycles. The molecule has 0 unspecified atom stereocenters. The smallest absolute Gasteiger partial charge is 0.241 e. The van der Waals surface area contributed by atoms with Crippen LogP contribution in [0.5, 0.6) is 0 Å². The van der Waals surface area contributed by atoms with Crippen LogP contribution in [-0.4, -0.2) is 9.97 Å². The van der Waals surface area contributed by atoms with Gasteiger partial charge in [-0.15, -0.1) is 0 Å². The van der Waals surface area contributed by atoms with Crippen molar-refractivity contribution in [2.24, 2.45) is 0 Å². The van der Waals surface area contributed by atoms with Crippen molar-refractivity contribution in [1.29, 1.82) is 0 Å². The molecule has 1 heterocycles. The van der Waals surface area contributed by atoms with Gasteiger partial charge < -0.3 is 0 Å². The van der Waals surface area contributed by atoms with Crippen molar-refractivity contribution in [3.8, 4) is 0 Å². The lowest BCUT2D eigenvalue weighted by molar-refractivity contribution is 0.522. The maximum Gasteiger partial charge on any atom is 0.370 e. The molecule has 4 nitrogen and oxygen atoms in total. The number of nitrogens with zero attached hydrogens (tertiary/aromatic N) is 2. The zero-order valence-electron chi connectivity index (χ0n) is 4.69. The first-order valence-electron chi connectivity index (χ1n) is 2.32. The van der Waals surface area contributed by atoms with Crippen molar-refractivity contribution in [2.45, 2.75) is 0 Å². The summed E-state index contributed by atoms with van der Waals surface area (Å²) in [6.07, 6.45) is 2.59. The third-order valence-electron chi connectivity index (χ3n) is 0.809. The summed E-state index contributed by atoms with van der Waals surface area (Å²) in [6, 6.07) is 0. The summed E-state index contributed by atoms with van der Waals surface area (Å²) in [7, 11) is -2.72. The Kier molecular flexibility index (Phi) is 2.14. The van der Waals surface area contributed by atoms with Crippen molar-refractivity contribution in [3.63, 3.8) is 0 Å². The summed E-state index contributed by atoms with van der Waals surface area (Å²) in [5.41, 5.74) is -0.181. The number of hydrogen-bond donors (Lipinski definition) is 0. The van der Waals surface area contributed by atoms with Crippen LogP contribution in [0, 0.1) is 0 Å². The molecule has 0 bridgehead atoms.